The van der Waals surface area contributed by atoms with Gasteiger partial charge in [-0.2, -0.15) is 3.71 Å². The summed E-state index contributed by atoms with van der Waals surface area (Å²) in [5.74, 6) is 0.556. The summed E-state index contributed by atoms with van der Waals surface area (Å²) in [5.41, 5.74) is 1.39. The molecule has 0 amide bonds. The predicted octanol–water partition coefficient (Wildman–Crippen LogP) is 3.76. The highest BCUT2D eigenvalue weighted by atomic mass is 35.5. The van der Waals surface area contributed by atoms with Crippen molar-refractivity contribution in [2.75, 3.05) is 28.3 Å². The van der Waals surface area contributed by atoms with Crippen molar-refractivity contribution >= 4 is 55.2 Å². The maximum Gasteiger partial charge on any atom is 0.248 e. The van der Waals surface area contributed by atoms with E-state index in [1.807, 2.05) is 4.90 Å². The molecule has 2 heterocycles. The molecule has 2 aromatic carbocycles. The van der Waals surface area contributed by atoms with E-state index < -0.39 is 31.6 Å². The Labute approximate surface area is 198 Å². The Bertz CT molecular complexity index is 1320. The van der Waals surface area contributed by atoms with Crippen molar-refractivity contribution in [3.05, 3.63) is 47.0 Å². The van der Waals surface area contributed by atoms with Gasteiger partial charge in [-0.3, -0.25) is 4.99 Å². The highest BCUT2D eigenvalue weighted by molar-refractivity contribution is 8.10. The molecule has 0 spiro atoms. The molecule has 4 rings (SSSR count). The number of aliphatic imine (C=N–C) groups is 2. The fourth-order valence-corrected chi connectivity index (χ4v) is 7.27. The van der Waals surface area contributed by atoms with Gasteiger partial charge in [0.15, 0.2) is 0 Å². The third-order valence-electron chi connectivity index (χ3n) is 5.24. The molecule has 2 aliphatic rings. The van der Waals surface area contributed by atoms with Crippen LogP contribution in [0.4, 0.5) is 11.4 Å². The summed E-state index contributed by atoms with van der Waals surface area (Å²) in [4.78, 5) is 11.0. The molecule has 12 heteroatoms. The molecule has 0 atom stereocenters. The molecule has 0 bridgehead atoms. The number of hydrogen-bond acceptors (Lipinski definition) is 8. The van der Waals surface area contributed by atoms with Crippen molar-refractivity contribution < 1.29 is 21.6 Å². The standard InChI is InChI=1S/C21H23ClN4O5S2/c1-3-32(27,28)26(33(29,30)4-2)18-7-5-8-19(20(18)22)31-15-9-10-17-16(13-15)21-23-11-6-12-25(21)14-24-17/h5,7-10,13-14H,3-4,6,11-12H2,1-2H3. The van der Waals surface area contributed by atoms with Gasteiger partial charge in [0, 0.05) is 18.7 Å². The smallest absolute Gasteiger partial charge is 0.248 e. The highest BCUT2D eigenvalue weighted by Gasteiger charge is 2.34. The number of ether oxygens (including phenoxy) is 1. The number of nitrogens with zero attached hydrogens (tertiary/aromatic N) is 4. The van der Waals surface area contributed by atoms with E-state index in [0.29, 0.717) is 9.46 Å². The van der Waals surface area contributed by atoms with Crippen LogP contribution in [0.1, 0.15) is 25.8 Å². The van der Waals surface area contributed by atoms with Crippen LogP contribution in [-0.4, -0.2) is 58.5 Å². The van der Waals surface area contributed by atoms with Crippen LogP contribution in [0.5, 0.6) is 11.5 Å². The van der Waals surface area contributed by atoms with E-state index in [-0.39, 0.29) is 16.5 Å². The van der Waals surface area contributed by atoms with Crippen molar-refractivity contribution in [3.8, 4) is 11.5 Å². The quantitative estimate of drug-likeness (QED) is 0.561. The molecular weight excluding hydrogens is 488 g/mol. The van der Waals surface area contributed by atoms with Crippen LogP contribution in [0, 0.1) is 0 Å². The Hall–Kier alpha value is -2.63. The number of halogens is 1. The third-order valence-corrected chi connectivity index (χ3v) is 9.84. The predicted molar refractivity (Wildman–Crippen MR) is 130 cm³/mol. The first kappa shape index (κ1) is 23.5. The fraction of sp³-hybridized carbons (Fsp3) is 0.333. The average Bonchev–Trinajstić information content (AvgIpc) is 2.81. The minimum Gasteiger partial charge on any atom is -0.456 e. The minimum atomic E-state index is -4.15. The Morgan fingerprint density at radius 2 is 1.82 bits per heavy atom. The Morgan fingerprint density at radius 3 is 2.52 bits per heavy atom. The van der Waals surface area contributed by atoms with Crippen LogP contribution in [0.15, 0.2) is 46.4 Å². The van der Waals surface area contributed by atoms with Gasteiger partial charge in [0.25, 0.3) is 0 Å². The van der Waals surface area contributed by atoms with Crippen molar-refractivity contribution in [1.82, 2.24) is 4.90 Å². The van der Waals surface area contributed by atoms with Gasteiger partial charge in [0.05, 0.1) is 29.2 Å². The molecule has 0 aliphatic carbocycles. The number of hydrogen-bond donors (Lipinski definition) is 0. The lowest BCUT2D eigenvalue weighted by Gasteiger charge is -2.29. The number of benzene rings is 2. The molecule has 0 saturated carbocycles. The zero-order valence-corrected chi connectivity index (χ0v) is 20.5. The van der Waals surface area contributed by atoms with Gasteiger partial charge >= 0.3 is 0 Å². The summed E-state index contributed by atoms with van der Waals surface area (Å²) in [6.07, 6.45) is 2.71. The third kappa shape index (κ3) is 4.44. The van der Waals surface area contributed by atoms with Crippen LogP contribution in [-0.2, 0) is 20.0 Å². The minimum absolute atomic E-state index is 0.124. The molecule has 2 aromatic rings. The number of amidine groups is 1. The van der Waals surface area contributed by atoms with E-state index in [4.69, 9.17) is 16.3 Å². The summed E-state index contributed by atoms with van der Waals surface area (Å²) in [5, 5.41) is -0.126. The second kappa shape index (κ2) is 8.96. The topological polar surface area (TPSA) is 109 Å². The lowest BCUT2D eigenvalue weighted by atomic mass is 10.1. The van der Waals surface area contributed by atoms with E-state index in [2.05, 4.69) is 9.98 Å². The molecule has 9 nitrogen and oxygen atoms in total. The van der Waals surface area contributed by atoms with Gasteiger partial charge in [-0.1, -0.05) is 17.7 Å². The number of rotatable bonds is 7. The highest BCUT2D eigenvalue weighted by Crippen LogP contribution is 2.40. The SMILES string of the molecule is CCS(=O)(=O)N(c1cccc(Oc2ccc3c(c2)C2=NCCCN2C=N3)c1Cl)S(=O)(=O)CC. The molecule has 0 N–H and O–H groups in total. The molecule has 0 radical (unpaired) electrons. The van der Waals surface area contributed by atoms with Crippen molar-refractivity contribution in [2.24, 2.45) is 9.98 Å². The lowest BCUT2D eigenvalue weighted by molar-refractivity contribution is 0.482. The van der Waals surface area contributed by atoms with Gasteiger partial charge in [-0.05, 0) is 50.6 Å². The second-order valence-corrected chi connectivity index (χ2v) is 12.2. The fourth-order valence-electron chi connectivity index (χ4n) is 3.53. The zero-order valence-electron chi connectivity index (χ0n) is 18.1. The normalized spacial score (nSPS) is 15.5. The first-order valence-electron chi connectivity index (χ1n) is 10.4. The van der Waals surface area contributed by atoms with Gasteiger partial charge < -0.3 is 9.64 Å². The van der Waals surface area contributed by atoms with E-state index in [1.54, 1.807) is 30.6 Å². The molecule has 176 valence electrons. The van der Waals surface area contributed by atoms with Gasteiger partial charge in [-0.15, -0.1) is 0 Å². The van der Waals surface area contributed by atoms with Crippen LogP contribution in [0.25, 0.3) is 0 Å². The summed E-state index contributed by atoms with van der Waals surface area (Å²) in [7, 11) is -8.30. The van der Waals surface area contributed by atoms with Crippen LogP contribution >= 0.6 is 11.6 Å². The van der Waals surface area contributed by atoms with E-state index in [0.717, 1.165) is 36.6 Å². The Balaban J connectivity index is 1.74. The first-order valence-corrected chi connectivity index (χ1v) is 14.0. The van der Waals surface area contributed by atoms with Crippen molar-refractivity contribution in [1.29, 1.82) is 0 Å². The molecular formula is C21H23ClN4O5S2. The molecule has 0 saturated heterocycles. The largest absolute Gasteiger partial charge is 0.456 e. The van der Waals surface area contributed by atoms with Crippen LogP contribution in [0.3, 0.4) is 0 Å². The lowest BCUT2D eigenvalue weighted by Crippen LogP contribution is -2.39. The Morgan fingerprint density at radius 1 is 1.09 bits per heavy atom. The first-order chi connectivity index (χ1) is 15.7. The summed E-state index contributed by atoms with van der Waals surface area (Å²) in [6.45, 7) is 4.29. The number of sulfonamides is 2. The van der Waals surface area contributed by atoms with Crippen LogP contribution < -0.4 is 8.45 Å². The van der Waals surface area contributed by atoms with Gasteiger partial charge in [0.2, 0.25) is 20.0 Å². The Kier molecular flexibility index (Phi) is 6.39. The van der Waals surface area contributed by atoms with Gasteiger partial charge in [-0.25, -0.2) is 21.8 Å². The molecule has 0 fully saturated rings. The van der Waals surface area contributed by atoms with E-state index in [9.17, 15) is 16.8 Å². The average molecular weight is 511 g/mol. The maximum atomic E-state index is 12.6. The number of anilines is 1. The van der Waals surface area contributed by atoms with Crippen LogP contribution in [0.2, 0.25) is 5.02 Å². The monoisotopic (exact) mass is 510 g/mol. The molecule has 33 heavy (non-hydrogen) atoms. The summed E-state index contributed by atoms with van der Waals surface area (Å²) < 4.78 is 56.9. The van der Waals surface area contributed by atoms with E-state index in [1.165, 1.54) is 26.0 Å². The summed E-state index contributed by atoms with van der Waals surface area (Å²) >= 11 is 6.48. The van der Waals surface area contributed by atoms with Crippen molar-refractivity contribution in [2.45, 2.75) is 20.3 Å². The number of fused-ring (bicyclic) bond motifs is 3. The van der Waals surface area contributed by atoms with Crippen molar-refractivity contribution in [3.63, 3.8) is 0 Å². The van der Waals surface area contributed by atoms with Gasteiger partial charge in [0.1, 0.15) is 22.4 Å². The van der Waals surface area contributed by atoms with E-state index >= 15 is 0 Å². The summed E-state index contributed by atoms with van der Waals surface area (Å²) in [6, 6.07) is 9.67. The molecule has 0 aromatic heterocycles. The molecule has 2 aliphatic heterocycles. The maximum absolute atomic E-state index is 12.6. The molecule has 0 unspecified atom stereocenters. The zero-order chi connectivity index (χ0) is 23.8. The second-order valence-electron chi connectivity index (χ2n) is 7.37.